The van der Waals surface area contributed by atoms with Gasteiger partial charge in [0.05, 0.1) is 11.8 Å². The van der Waals surface area contributed by atoms with E-state index in [4.69, 9.17) is 17.7 Å². The first-order valence-electron chi connectivity index (χ1n) is 9.94. The van der Waals surface area contributed by atoms with Gasteiger partial charge < -0.3 is 4.74 Å². The third-order valence-corrected chi connectivity index (χ3v) is 3.68. The van der Waals surface area contributed by atoms with Gasteiger partial charge in [0.25, 0.3) is 0 Å². The predicted molar refractivity (Wildman–Crippen MR) is 108 cm³/mol. The van der Waals surface area contributed by atoms with Gasteiger partial charge in [0.2, 0.25) is 0 Å². The molecule has 2 aromatic rings. The number of nitrogens with zero attached hydrogens (tertiary/aromatic N) is 2. The normalized spacial score (nSPS) is 13.6. The summed E-state index contributed by atoms with van der Waals surface area (Å²) in [6.45, 7) is 5.32. The van der Waals surface area contributed by atoms with Crippen LogP contribution in [0.3, 0.4) is 0 Å². The molecule has 140 valence electrons. The summed E-state index contributed by atoms with van der Waals surface area (Å²) >= 11 is 0. The van der Waals surface area contributed by atoms with Gasteiger partial charge in [-0.15, -0.1) is 0 Å². The van der Waals surface area contributed by atoms with Crippen molar-refractivity contribution in [3.8, 4) is 6.07 Å². The van der Waals surface area contributed by atoms with Crippen LogP contribution in [0.2, 0.25) is 0 Å². The summed E-state index contributed by atoms with van der Waals surface area (Å²) in [5.41, 5.74) is 1.62. The number of hydrogen-bond acceptors (Lipinski definition) is 4. The van der Waals surface area contributed by atoms with Crippen molar-refractivity contribution < 1.29 is 12.3 Å². The van der Waals surface area contributed by atoms with Gasteiger partial charge in [0.1, 0.15) is 11.6 Å². The molecule has 2 rings (SSSR count). The fraction of sp³-hybridized carbons (Fsp3) is 0.348. The van der Waals surface area contributed by atoms with Crippen LogP contribution in [0, 0.1) is 11.3 Å². The van der Waals surface area contributed by atoms with E-state index in [0.717, 1.165) is 11.1 Å². The van der Waals surface area contributed by atoms with E-state index in [2.05, 4.69) is 0 Å². The molecule has 0 radical (unpaired) electrons. The average molecular weight is 364 g/mol. The second-order valence-electron chi connectivity index (χ2n) is 7.09. The van der Waals surface area contributed by atoms with Crippen LogP contribution < -0.4 is 0 Å². The second-order valence-corrected chi connectivity index (χ2v) is 7.09. The Morgan fingerprint density at radius 2 is 1.63 bits per heavy atom. The molecule has 0 aliphatic carbocycles. The van der Waals surface area contributed by atoms with E-state index in [-0.39, 0.29) is 12.8 Å². The minimum atomic E-state index is -2.03. The van der Waals surface area contributed by atoms with Crippen molar-refractivity contribution in [3.05, 3.63) is 71.8 Å². The van der Waals surface area contributed by atoms with Crippen molar-refractivity contribution in [1.82, 2.24) is 0 Å². The van der Waals surface area contributed by atoms with Gasteiger partial charge in [0, 0.05) is 20.2 Å². The topological polar surface area (TPSA) is 62.5 Å². The van der Waals surface area contributed by atoms with Crippen LogP contribution in [-0.4, -0.2) is 23.3 Å². The number of carbonyl (C=O) groups excluding carboxylic acids is 1. The Labute approximate surface area is 164 Å². The zero-order valence-corrected chi connectivity index (χ0v) is 16.0. The summed E-state index contributed by atoms with van der Waals surface area (Å²) in [6, 6.07) is 19.7. The second kappa shape index (κ2) is 9.68. The first-order valence-corrected chi connectivity index (χ1v) is 8.94. The van der Waals surface area contributed by atoms with Crippen LogP contribution in [0.5, 0.6) is 0 Å². The number of nitriles is 1. The molecule has 0 aliphatic heterocycles. The highest BCUT2D eigenvalue weighted by molar-refractivity contribution is 6.13. The van der Waals surface area contributed by atoms with Gasteiger partial charge in [-0.25, -0.2) is 4.79 Å². The van der Waals surface area contributed by atoms with Gasteiger partial charge in [-0.1, -0.05) is 60.7 Å². The van der Waals surface area contributed by atoms with Crippen molar-refractivity contribution in [3.63, 3.8) is 0 Å². The monoisotopic (exact) mass is 364 g/mol. The molecular formula is C23H26N2O2. The highest BCUT2D eigenvalue weighted by Crippen LogP contribution is 2.18. The maximum absolute atomic E-state index is 12.8. The minimum Gasteiger partial charge on any atom is -0.458 e. The van der Waals surface area contributed by atoms with Crippen LogP contribution in [0.1, 0.15) is 53.9 Å². The lowest BCUT2D eigenvalue weighted by molar-refractivity contribution is -0.156. The van der Waals surface area contributed by atoms with Crippen LogP contribution in [-0.2, 0) is 9.53 Å². The molecule has 0 bridgehead atoms. The van der Waals surface area contributed by atoms with E-state index in [1.807, 2.05) is 60.7 Å². The average Bonchev–Trinajstić information content (AvgIpc) is 2.68. The quantitative estimate of drug-likeness (QED) is 0.517. The summed E-state index contributed by atoms with van der Waals surface area (Å²) in [5, 5.41) is 8.99. The molecule has 2 aromatic carbocycles. The summed E-state index contributed by atoms with van der Waals surface area (Å²) in [7, 11) is 0. The molecule has 4 nitrogen and oxygen atoms in total. The lowest BCUT2D eigenvalue weighted by Crippen LogP contribution is -2.31. The Bertz CT molecular complexity index is 841. The Morgan fingerprint density at radius 3 is 2.07 bits per heavy atom. The molecule has 1 atom stereocenters. The Kier molecular flexibility index (Phi) is 6.27. The van der Waals surface area contributed by atoms with Crippen molar-refractivity contribution in [2.24, 2.45) is 4.99 Å². The molecule has 0 amide bonds. The van der Waals surface area contributed by atoms with Gasteiger partial charge in [-0.2, -0.15) is 5.26 Å². The summed E-state index contributed by atoms with van der Waals surface area (Å²) in [5.74, 6) is -0.532. The number of aliphatic imine (C=N–C) groups is 1. The van der Waals surface area contributed by atoms with Crippen LogP contribution >= 0.6 is 0 Å². The maximum Gasteiger partial charge on any atom is 0.331 e. The molecule has 27 heavy (non-hydrogen) atoms. The molecule has 0 N–H and O–H groups in total. The predicted octanol–water partition coefficient (Wildman–Crippen LogP) is 4.93. The van der Waals surface area contributed by atoms with Crippen molar-refractivity contribution in [2.45, 2.75) is 51.6 Å². The third-order valence-electron chi connectivity index (χ3n) is 3.68. The van der Waals surface area contributed by atoms with Gasteiger partial charge in [0.15, 0.2) is 0 Å². The zero-order chi connectivity index (χ0) is 21.5. The summed E-state index contributed by atoms with van der Waals surface area (Å²) in [6.07, 6.45) is -2.08. The number of carbonyl (C=O) groups is 1. The number of ether oxygens (including phenoxy) is 1. The van der Waals surface area contributed by atoms with Gasteiger partial charge in [-0.05, 0) is 33.6 Å². The van der Waals surface area contributed by atoms with Crippen molar-refractivity contribution in [2.75, 3.05) is 0 Å². The number of benzene rings is 2. The van der Waals surface area contributed by atoms with E-state index < -0.39 is 24.0 Å². The molecule has 0 saturated heterocycles. The molecule has 0 heterocycles. The van der Waals surface area contributed by atoms with Crippen LogP contribution in [0.25, 0.3) is 0 Å². The van der Waals surface area contributed by atoms with Crippen molar-refractivity contribution >= 4 is 11.7 Å². The van der Waals surface area contributed by atoms with Crippen LogP contribution in [0.15, 0.2) is 65.7 Å². The molecule has 4 heteroatoms. The smallest absolute Gasteiger partial charge is 0.331 e. The van der Waals surface area contributed by atoms with Crippen LogP contribution in [0.4, 0.5) is 0 Å². The molecule has 0 spiro atoms. The molecule has 1 unspecified atom stereocenters. The lowest BCUT2D eigenvalue weighted by atomic mass is 10.0. The Morgan fingerprint density at radius 1 is 1.11 bits per heavy atom. The van der Waals surface area contributed by atoms with Gasteiger partial charge >= 0.3 is 5.97 Å². The highest BCUT2D eigenvalue weighted by Gasteiger charge is 2.25. The van der Waals surface area contributed by atoms with E-state index >= 15 is 0 Å². The Hall–Kier alpha value is -2.93. The first kappa shape index (κ1) is 17.5. The fourth-order valence-electron chi connectivity index (χ4n) is 2.53. The fourth-order valence-corrected chi connectivity index (χ4v) is 2.53. The standard InChI is InChI=1S/C23H26N2O2/c1-23(2,3)27-22(26)20(16-10-11-17-24)25-21(18-12-6-4-7-13-18)19-14-8-5-9-15-19/h4-9,12-15,20H,10-11,16H2,1-3H3/i11D2. The maximum atomic E-state index is 12.8. The summed E-state index contributed by atoms with van der Waals surface area (Å²) < 4.78 is 20.9. The SMILES string of the molecule is [2H]C([2H])(C#N)CCC(N=C(c1ccccc1)c1ccccc1)C(=O)OC(C)(C)C. The number of esters is 1. The molecular weight excluding hydrogens is 336 g/mol. The lowest BCUT2D eigenvalue weighted by Gasteiger charge is -2.23. The highest BCUT2D eigenvalue weighted by atomic mass is 16.6. The third kappa shape index (κ3) is 6.71. The van der Waals surface area contributed by atoms with Gasteiger partial charge in [-0.3, -0.25) is 4.99 Å². The van der Waals surface area contributed by atoms with E-state index in [1.54, 1.807) is 26.8 Å². The largest absolute Gasteiger partial charge is 0.458 e. The number of rotatable bonds is 7. The summed E-state index contributed by atoms with van der Waals surface area (Å²) in [4.78, 5) is 17.5. The van der Waals surface area contributed by atoms with E-state index in [9.17, 15) is 4.79 Å². The van der Waals surface area contributed by atoms with E-state index in [0.29, 0.717) is 5.71 Å². The zero-order valence-electron chi connectivity index (χ0n) is 18.0. The first-order chi connectivity index (χ1) is 13.6. The molecule has 0 aliphatic rings. The molecule has 0 fully saturated rings. The van der Waals surface area contributed by atoms with Crippen molar-refractivity contribution in [1.29, 1.82) is 5.26 Å². The Balaban J connectivity index is 2.48. The van der Waals surface area contributed by atoms with E-state index in [1.165, 1.54) is 0 Å². The molecule has 0 saturated carbocycles. The molecule has 0 aromatic heterocycles. The minimum absolute atomic E-state index is 0.0681. The number of hydrogen-bond donors (Lipinski definition) is 0.